The third kappa shape index (κ3) is 6.00. The fourth-order valence-electron chi connectivity index (χ4n) is 3.11. The number of hydrogen-bond acceptors (Lipinski definition) is 4. The van der Waals surface area contributed by atoms with Gasteiger partial charge in [0.1, 0.15) is 23.2 Å². The number of carboxylic acids is 1. The van der Waals surface area contributed by atoms with Crippen LogP contribution in [0.3, 0.4) is 0 Å². The van der Waals surface area contributed by atoms with E-state index in [0.717, 1.165) is 6.92 Å². The molecule has 0 aliphatic carbocycles. The first-order valence-corrected chi connectivity index (χ1v) is 11.1. The Hall–Kier alpha value is -2.97. The Bertz CT molecular complexity index is 833. The second-order valence-corrected chi connectivity index (χ2v) is 9.75. The Morgan fingerprint density at radius 2 is 1.14 bits per heavy atom. The van der Waals surface area contributed by atoms with Crippen LogP contribution in [-0.4, -0.2) is 25.2 Å². The first kappa shape index (κ1) is 20.8. The quantitative estimate of drug-likeness (QED) is 0.463. The fourth-order valence-corrected chi connectivity index (χ4v) is 7.10. The van der Waals surface area contributed by atoms with Crippen LogP contribution < -0.4 is 21.0 Å². The van der Waals surface area contributed by atoms with Crippen molar-refractivity contribution in [3.05, 3.63) is 91.0 Å². The largest absolute Gasteiger partial charge is 0.550 e. The van der Waals surface area contributed by atoms with Crippen LogP contribution in [0.1, 0.15) is 14.7 Å². The first-order valence-electron chi connectivity index (χ1n) is 9.72. The van der Waals surface area contributed by atoms with Crippen LogP contribution >= 0.6 is 7.26 Å². The van der Waals surface area contributed by atoms with E-state index in [1.165, 1.54) is 23.0 Å². The highest BCUT2D eigenvalue weighted by atomic mass is 31.2. The van der Waals surface area contributed by atoms with Crippen molar-refractivity contribution in [2.45, 2.75) is 13.3 Å². The van der Waals surface area contributed by atoms with Crippen LogP contribution in [0.4, 0.5) is 0 Å². The van der Waals surface area contributed by atoms with Gasteiger partial charge in [-0.2, -0.15) is 0 Å². The maximum absolute atomic E-state index is 12.1. The summed E-state index contributed by atoms with van der Waals surface area (Å²) in [6.07, 6.45) is -0.522. The summed E-state index contributed by atoms with van der Waals surface area (Å²) in [5.41, 5.74) is 0. The summed E-state index contributed by atoms with van der Waals surface area (Å²) in [6, 6.07) is 30.8. The van der Waals surface area contributed by atoms with Crippen molar-refractivity contribution >= 4 is 35.1 Å². The molecule has 5 heteroatoms. The molecule has 150 valence electrons. The summed E-state index contributed by atoms with van der Waals surface area (Å²) in [5, 5.41) is 12.4. The number of ether oxygens (including phenoxy) is 1. The number of hydrogen-bond donors (Lipinski definition) is 0. The minimum absolute atomic E-state index is 0.414. The molecule has 0 aliphatic heterocycles. The zero-order chi connectivity index (χ0) is 22.0. The lowest BCUT2D eigenvalue weighted by Crippen LogP contribution is -2.34. The molecule has 0 aromatic heterocycles. The summed E-state index contributed by atoms with van der Waals surface area (Å²) in [6.45, 7) is 0.972. The average molecular weight is 409 g/mol. The van der Waals surface area contributed by atoms with Crippen molar-refractivity contribution < 1.29 is 20.8 Å². The van der Waals surface area contributed by atoms with Gasteiger partial charge in [0.25, 0.3) is 0 Å². The lowest BCUT2D eigenvalue weighted by atomic mass is 10.3. The molecule has 0 spiro atoms. The molecule has 0 amide bonds. The smallest absolute Gasteiger partial charge is 0.309 e. The lowest BCUT2D eigenvalue weighted by Gasteiger charge is -2.27. The number of carbonyl (C=O) groups is 2. The molecule has 0 saturated carbocycles. The number of carboxylic acid groups (broad SMARTS) is 1. The number of methoxy groups -OCH3 is 1. The number of benzene rings is 3. The van der Waals surface area contributed by atoms with Crippen LogP contribution in [-0.2, 0) is 14.3 Å². The van der Waals surface area contributed by atoms with Crippen LogP contribution in [0.2, 0.25) is 0 Å². The highest BCUT2D eigenvalue weighted by molar-refractivity contribution is 7.95. The summed E-state index contributed by atoms with van der Waals surface area (Å²) in [7, 11) is -0.820. The Labute approximate surface area is 173 Å². The van der Waals surface area contributed by atoms with Gasteiger partial charge in [0.2, 0.25) is 0 Å². The predicted octanol–water partition coefficient (Wildman–Crippen LogP) is 2.30. The lowest BCUT2D eigenvalue weighted by molar-refractivity contribution is -0.302. The van der Waals surface area contributed by atoms with Crippen molar-refractivity contribution in [3.63, 3.8) is 0 Å². The minimum atomic E-state index is -2.16. The first-order chi connectivity index (χ1) is 14.4. The fraction of sp³-hybridized carbons (Fsp3) is 0.167. The van der Waals surface area contributed by atoms with E-state index < -0.39 is 25.6 Å². The van der Waals surface area contributed by atoms with E-state index >= 15 is 0 Å². The summed E-state index contributed by atoms with van der Waals surface area (Å²) >= 11 is 0. The van der Waals surface area contributed by atoms with Gasteiger partial charge in [0, 0.05) is 7.34 Å². The highest BCUT2D eigenvalue weighted by Gasteiger charge is 2.45. The third-order valence-corrected chi connectivity index (χ3v) is 8.59. The van der Waals surface area contributed by atoms with Gasteiger partial charge in [-0.25, -0.2) is 0 Å². The van der Waals surface area contributed by atoms with E-state index in [1.807, 2.05) is 54.6 Å². The van der Waals surface area contributed by atoms with E-state index in [0.29, 0.717) is 6.16 Å². The molecule has 4 nitrogen and oxygen atoms in total. The molecule has 3 rings (SSSR count). The Balaban J connectivity index is 0.000000735. The zero-order valence-electron chi connectivity index (χ0n) is 17.5. The van der Waals surface area contributed by atoms with Crippen LogP contribution in [0, 0.1) is 0 Å². The zero-order valence-corrected chi connectivity index (χ0v) is 17.4. The van der Waals surface area contributed by atoms with Gasteiger partial charge < -0.3 is 14.6 Å². The van der Waals surface area contributed by atoms with Gasteiger partial charge in [-0.05, 0) is 43.3 Å². The monoisotopic (exact) mass is 409 g/mol. The van der Waals surface area contributed by atoms with Crippen molar-refractivity contribution in [1.82, 2.24) is 0 Å². The molecule has 29 heavy (non-hydrogen) atoms. The molecule has 3 aromatic carbocycles. The van der Waals surface area contributed by atoms with Crippen LogP contribution in [0.5, 0.6) is 0 Å². The SMILES string of the molecule is CC(=O)[O-].[2H]C(C[P+](c1ccccc1)(c1ccccc1)c1ccccc1)C(=O)OC. The van der Waals surface area contributed by atoms with Crippen molar-refractivity contribution in [3.8, 4) is 0 Å². The molecule has 1 unspecified atom stereocenters. The van der Waals surface area contributed by atoms with Crippen LogP contribution in [0.25, 0.3) is 0 Å². The number of esters is 1. The second kappa shape index (κ2) is 11.1. The summed E-state index contributed by atoms with van der Waals surface area (Å²) in [4.78, 5) is 21.0. The topological polar surface area (TPSA) is 66.4 Å². The molecule has 1 atom stereocenters. The summed E-state index contributed by atoms with van der Waals surface area (Å²) < 4.78 is 13.3. The molecule has 0 saturated heterocycles. The predicted molar refractivity (Wildman–Crippen MR) is 117 cm³/mol. The molecule has 0 aliphatic rings. The molecular weight excluding hydrogens is 383 g/mol. The molecule has 3 aromatic rings. The molecule has 0 radical (unpaired) electrons. The minimum Gasteiger partial charge on any atom is -0.550 e. The van der Waals surface area contributed by atoms with Gasteiger partial charge >= 0.3 is 5.97 Å². The molecule has 0 N–H and O–H groups in total. The average Bonchev–Trinajstić information content (AvgIpc) is 2.78. The number of aliphatic carboxylic acids is 1. The van der Waals surface area contributed by atoms with Crippen molar-refractivity contribution in [1.29, 1.82) is 0 Å². The van der Waals surface area contributed by atoms with E-state index in [1.54, 1.807) is 0 Å². The number of carbonyl (C=O) groups excluding carboxylic acids is 2. The summed E-state index contributed by atoms with van der Waals surface area (Å²) in [5.74, 6) is -1.57. The van der Waals surface area contributed by atoms with Gasteiger partial charge in [-0.1, -0.05) is 54.6 Å². The van der Waals surface area contributed by atoms with Gasteiger partial charge in [0.05, 0.1) is 19.7 Å². The second-order valence-electron chi connectivity index (χ2n) is 6.22. The van der Waals surface area contributed by atoms with Gasteiger partial charge in [0.15, 0.2) is 0 Å². The molecule has 0 heterocycles. The van der Waals surface area contributed by atoms with Gasteiger partial charge in [-0.15, -0.1) is 0 Å². The van der Waals surface area contributed by atoms with Gasteiger partial charge in [-0.3, -0.25) is 4.79 Å². The van der Waals surface area contributed by atoms with Crippen LogP contribution in [0.15, 0.2) is 91.0 Å². The maximum atomic E-state index is 12.1. The normalized spacial score (nSPS) is 12.0. The Morgan fingerprint density at radius 3 is 1.41 bits per heavy atom. The molecular formula is C24H25O4P. The Kier molecular flexibility index (Phi) is 7.97. The molecule has 0 fully saturated rings. The highest BCUT2D eigenvalue weighted by Crippen LogP contribution is 2.55. The maximum Gasteiger partial charge on any atom is 0.309 e. The number of rotatable bonds is 6. The van der Waals surface area contributed by atoms with E-state index in [4.69, 9.17) is 16.0 Å². The van der Waals surface area contributed by atoms with E-state index in [2.05, 4.69) is 36.4 Å². The van der Waals surface area contributed by atoms with Crippen molar-refractivity contribution in [2.24, 2.45) is 0 Å². The third-order valence-electron chi connectivity index (χ3n) is 4.32. The Morgan fingerprint density at radius 1 is 0.828 bits per heavy atom. The van der Waals surface area contributed by atoms with Crippen molar-refractivity contribution in [2.75, 3.05) is 13.3 Å². The van der Waals surface area contributed by atoms with E-state index in [-0.39, 0.29) is 0 Å². The van der Waals surface area contributed by atoms with E-state index in [9.17, 15) is 4.79 Å². The molecule has 0 bridgehead atoms. The standard InChI is InChI=1S/C22H22O2P.C2H4O2/c1-24-22(23)17-18-25(19-11-5-2-6-12-19,20-13-7-3-8-14-20)21-15-9-4-10-16-21;1-2(3)4/h2-16H,17-18H2,1H3;1H3,(H,3,4)/q+1;/p-1/i17D;.